The van der Waals surface area contributed by atoms with Gasteiger partial charge >= 0.3 is 5.97 Å². The highest BCUT2D eigenvalue weighted by atomic mass is 79.9. The number of hydrogen-bond acceptors (Lipinski definition) is 7. The molecule has 0 bridgehead atoms. The van der Waals surface area contributed by atoms with Crippen molar-refractivity contribution in [2.45, 2.75) is 157 Å². The molecule has 4 unspecified atom stereocenters. The molecule has 0 aromatic carbocycles. The Morgan fingerprint density at radius 1 is 0.929 bits per heavy atom. The van der Waals surface area contributed by atoms with Crippen LogP contribution in [-0.2, 0) is 33.2 Å². The lowest BCUT2D eigenvalue weighted by Crippen LogP contribution is -2.32. The summed E-state index contributed by atoms with van der Waals surface area (Å²) in [6.45, 7) is 1.60. The number of methoxy groups -OCH3 is 1. The van der Waals surface area contributed by atoms with E-state index in [0.29, 0.717) is 12.3 Å². The molecule has 0 spiro atoms. The number of rotatable bonds is 14. The van der Waals surface area contributed by atoms with Crippen LogP contribution in [0.15, 0.2) is 12.2 Å². The zero-order valence-corrected chi connectivity index (χ0v) is 27.4. The molecule has 5 rings (SSSR count). The van der Waals surface area contributed by atoms with Crippen molar-refractivity contribution in [2.24, 2.45) is 17.8 Å². The molecular weight excluding hydrogens is 600 g/mol. The van der Waals surface area contributed by atoms with Gasteiger partial charge in [0.25, 0.3) is 0 Å². The van der Waals surface area contributed by atoms with Crippen molar-refractivity contribution in [3.05, 3.63) is 12.2 Å². The molecule has 0 aromatic rings. The fraction of sp³-hybridized carbons (Fsp3) is 0.912. The summed E-state index contributed by atoms with van der Waals surface area (Å²) in [5, 5.41) is 0. The lowest BCUT2D eigenvalue weighted by Gasteiger charge is -2.30. The summed E-state index contributed by atoms with van der Waals surface area (Å²) in [6, 6.07) is 0. The molecule has 7 nitrogen and oxygen atoms in total. The Kier molecular flexibility index (Phi) is 13.5. The first-order valence-electron chi connectivity index (χ1n) is 17.2. The summed E-state index contributed by atoms with van der Waals surface area (Å²) in [5.74, 6) is 1.37. The number of halogens is 1. The van der Waals surface area contributed by atoms with Gasteiger partial charge in [0.15, 0.2) is 12.6 Å². The first kappa shape index (κ1) is 32.9. The van der Waals surface area contributed by atoms with E-state index < -0.39 is 0 Å². The molecule has 8 heteroatoms. The molecule has 0 aromatic heterocycles. The molecule has 5 fully saturated rings. The van der Waals surface area contributed by atoms with Gasteiger partial charge in [0, 0.05) is 36.8 Å². The van der Waals surface area contributed by atoms with Gasteiger partial charge < -0.3 is 28.4 Å². The van der Waals surface area contributed by atoms with Crippen molar-refractivity contribution >= 4 is 21.9 Å². The molecule has 2 saturated carbocycles. The molecule has 0 amide bonds. The summed E-state index contributed by atoms with van der Waals surface area (Å²) in [5.41, 5.74) is 0. The third-order valence-corrected chi connectivity index (χ3v) is 11.3. The summed E-state index contributed by atoms with van der Waals surface area (Å²) in [7, 11) is 1.45. The first-order chi connectivity index (χ1) is 20.6. The molecule has 0 N–H and O–H groups in total. The van der Waals surface area contributed by atoms with E-state index in [9.17, 15) is 4.79 Å². The molecule has 3 heterocycles. The Morgan fingerprint density at radius 2 is 1.67 bits per heavy atom. The normalized spacial score (nSPS) is 35.7. The van der Waals surface area contributed by atoms with Crippen LogP contribution in [0.1, 0.15) is 116 Å². The van der Waals surface area contributed by atoms with E-state index in [2.05, 4.69) is 28.1 Å². The number of hydrogen-bond donors (Lipinski definition) is 0. The van der Waals surface area contributed by atoms with Crippen LogP contribution in [0.3, 0.4) is 0 Å². The van der Waals surface area contributed by atoms with Gasteiger partial charge in [-0.1, -0.05) is 60.2 Å². The zero-order chi connectivity index (χ0) is 29.1. The molecule has 3 aliphatic heterocycles. The van der Waals surface area contributed by atoms with Crippen molar-refractivity contribution in [2.75, 3.05) is 20.3 Å². The van der Waals surface area contributed by atoms with Gasteiger partial charge in [0.2, 0.25) is 0 Å². The second-order valence-electron chi connectivity index (χ2n) is 13.3. The average Bonchev–Trinajstić information content (AvgIpc) is 3.58. The standard InChI is InChI=1S/C34H55BrO7/c1-37-32(36)13-9-12-28(35)31-22-27-26(29(23-30(27)41-31)42-34-15-6-8-21-39-34)19-18-25(40-33-14-5-7-20-38-33)17-16-24-10-3-2-4-11-24/h18-19,24-31,33-34H,2-17,20-23H2,1H3/b19-18+/t25-,26+,27+,28?,29+,30+,31?,33?,34?/m0/s1. The van der Waals surface area contributed by atoms with Crippen molar-refractivity contribution in [3.63, 3.8) is 0 Å². The monoisotopic (exact) mass is 654 g/mol. The van der Waals surface area contributed by atoms with E-state index in [1.54, 1.807) is 0 Å². The summed E-state index contributed by atoms with van der Waals surface area (Å²) in [4.78, 5) is 11.8. The predicted octanol–water partition coefficient (Wildman–Crippen LogP) is 7.63. The minimum atomic E-state index is -0.145. The van der Waals surface area contributed by atoms with Crippen LogP contribution >= 0.6 is 15.9 Å². The van der Waals surface area contributed by atoms with Crippen LogP contribution in [-0.4, -0.2) is 68.1 Å². The van der Waals surface area contributed by atoms with Crippen molar-refractivity contribution in [3.8, 4) is 0 Å². The molecule has 42 heavy (non-hydrogen) atoms. The molecule has 240 valence electrons. The van der Waals surface area contributed by atoms with Crippen LogP contribution < -0.4 is 0 Å². The fourth-order valence-corrected chi connectivity index (χ4v) is 8.50. The smallest absolute Gasteiger partial charge is 0.305 e. The Hall–Kier alpha value is -0.510. The van der Waals surface area contributed by atoms with Crippen LogP contribution in [0.4, 0.5) is 0 Å². The number of alkyl halides is 1. The lowest BCUT2D eigenvalue weighted by atomic mass is 9.85. The lowest BCUT2D eigenvalue weighted by molar-refractivity contribution is -0.194. The Morgan fingerprint density at radius 3 is 2.38 bits per heavy atom. The quantitative estimate of drug-likeness (QED) is 0.108. The number of ether oxygens (including phenoxy) is 6. The van der Waals surface area contributed by atoms with Gasteiger partial charge in [-0.05, 0) is 82.5 Å². The highest BCUT2D eigenvalue weighted by Crippen LogP contribution is 2.48. The van der Waals surface area contributed by atoms with Crippen molar-refractivity contribution in [1.82, 2.24) is 0 Å². The SMILES string of the molecule is COC(=O)CCCC(Br)C1C[C@@H]2[C@@H](/C=C/[C@H](CCC3CCCCC3)OC3CCCCO3)[C@H](OC3CCCCO3)C[C@H]2O1. The maximum atomic E-state index is 11.6. The summed E-state index contributed by atoms with van der Waals surface area (Å²) in [6.07, 6.45) is 24.9. The molecule has 5 aliphatic rings. The van der Waals surface area contributed by atoms with Gasteiger partial charge in [-0.3, -0.25) is 4.79 Å². The van der Waals surface area contributed by atoms with Gasteiger partial charge in [-0.15, -0.1) is 0 Å². The van der Waals surface area contributed by atoms with Crippen LogP contribution in [0.25, 0.3) is 0 Å². The van der Waals surface area contributed by atoms with E-state index in [1.807, 2.05) is 0 Å². The third kappa shape index (κ3) is 9.74. The van der Waals surface area contributed by atoms with Gasteiger partial charge in [-0.2, -0.15) is 0 Å². The molecule has 0 radical (unpaired) electrons. The van der Waals surface area contributed by atoms with E-state index in [1.165, 1.54) is 58.5 Å². The second kappa shape index (κ2) is 17.3. The van der Waals surface area contributed by atoms with Gasteiger partial charge in [0.1, 0.15) is 0 Å². The highest BCUT2D eigenvalue weighted by Gasteiger charge is 2.51. The Bertz CT molecular complexity index is 821. The summed E-state index contributed by atoms with van der Waals surface area (Å²) < 4.78 is 36.8. The first-order valence-corrected chi connectivity index (χ1v) is 18.1. The minimum absolute atomic E-state index is 0.0704. The average molecular weight is 656 g/mol. The Balaban J connectivity index is 1.24. The van der Waals surface area contributed by atoms with E-state index in [0.717, 1.165) is 76.9 Å². The molecular formula is C34H55BrO7. The van der Waals surface area contributed by atoms with Crippen LogP contribution in [0.2, 0.25) is 0 Å². The highest BCUT2D eigenvalue weighted by molar-refractivity contribution is 9.09. The van der Waals surface area contributed by atoms with Crippen LogP contribution in [0, 0.1) is 17.8 Å². The second-order valence-corrected chi connectivity index (χ2v) is 14.5. The molecule has 9 atom stereocenters. The van der Waals surface area contributed by atoms with Crippen molar-refractivity contribution < 1.29 is 33.2 Å². The number of carbonyl (C=O) groups excluding carboxylic acids is 1. The maximum absolute atomic E-state index is 11.6. The van der Waals surface area contributed by atoms with Crippen LogP contribution in [0.5, 0.6) is 0 Å². The van der Waals surface area contributed by atoms with Gasteiger partial charge in [0.05, 0.1) is 31.5 Å². The molecule has 3 saturated heterocycles. The summed E-state index contributed by atoms with van der Waals surface area (Å²) >= 11 is 3.90. The number of esters is 1. The topological polar surface area (TPSA) is 72.5 Å². The zero-order valence-electron chi connectivity index (χ0n) is 25.8. The minimum Gasteiger partial charge on any atom is -0.469 e. The molecule has 2 aliphatic carbocycles. The number of carbonyl (C=O) groups is 1. The van der Waals surface area contributed by atoms with E-state index in [4.69, 9.17) is 28.4 Å². The fourth-order valence-electron chi connectivity index (χ4n) is 7.84. The third-order valence-electron chi connectivity index (χ3n) is 10.3. The maximum Gasteiger partial charge on any atom is 0.305 e. The largest absolute Gasteiger partial charge is 0.469 e. The van der Waals surface area contributed by atoms with E-state index >= 15 is 0 Å². The predicted molar refractivity (Wildman–Crippen MR) is 165 cm³/mol. The van der Waals surface area contributed by atoms with Crippen molar-refractivity contribution in [1.29, 1.82) is 0 Å². The number of fused-ring (bicyclic) bond motifs is 1. The van der Waals surface area contributed by atoms with E-state index in [-0.39, 0.29) is 53.7 Å². The van der Waals surface area contributed by atoms with Gasteiger partial charge in [-0.25, -0.2) is 0 Å². The Labute approximate surface area is 262 Å².